The Balaban J connectivity index is 1.71. The van der Waals surface area contributed by atoms with Gasteiger partial charge >= 0.3 is 0 Å². The molecule has 0 saturated heterocycles. The quantitative estimate of drug-likeness (QED) is 0.750. The zero-order valence-corrected chi connectivity index (χ0v) is 10.4. The normalized spacial score (nSPS) is 17.8. The monoisotopic (exact) mass is 257 g/mol. The molecule has 2 aromatic heterocycles. The first-order valence-corrected chi connectivity index (χ1v) is 6.38. The van der Waals surface area contributed by atoms with Crippen molar-refractivity contribution in [3.05, 3.63) is 57.8 Å². The maximum Gasteiger partial charge on any atom is 0.267 e. The smallest absolute Gasteiger partial charge is 0.267 e. The molecular formula is C14H15N3O2. The van der Waals surface area contributed by atoms with Gasteiger partial charge in [-0.25, -0.2) is 0 Å². The van der Waals surface area contributed by atoms with E-state index in [9.17, 15) is 9.59 Å². The number of amides is 1. The molecule has 0 saturated carbocycles. The van der Waals surface area contributed by atoms with E-state index in [1.807, 2.05) is 6.07 Å². The Kier molecular flexibility index (Phi) is 2.95. The fourth-order valence-corrected chi connectivity index (χ4v) is 2.51. The third kappa shape index (κ3) is 2.45. The second-order valence-corrected chi connectivity index (χ2v) is 4.82. The van der Waals surface area contributed by atoms with Crippen molar-refractivity contribution in [2.45, 2.75) is 25.3 Å². The van der Waals surface area contributed by atoms with Crippen LogP contribution in [0.1, 0.15) is 28.2 Å². The van der Waals surface area contributed by atoms with Crippen LogP contribution in [0.15, 0.2) is 35.3 Å². The molecule has 3 N–H and O–H groups in total. The molecule has 2 aromatic rings. The van der Waals surface area contributed by atoms with E-state index in [0.29, 0.717) is 5.69 Å². The Morgan fingerprint density at radius 2 is 2.21 bits per heavy atom. The maximum atomic E-state index is 11.9. The fourth-order valence-electron chi connectivity index (χ4n) is 2.51. The van der Waals surface area contributed by atoms with Gasteiger partial charge in [0.25, 0.3) is 5.91 Å². The maximum absolute atomic E-state index is 11.9. The van der Waals surface area contributed by atoms with E-state index in [2.05, 4.69) is 15.3 Å². The van der Waals surface area contributed by atoms with Gasteiger partial charge in [-0.05, 0) is 37.0 Å². The van der Waals surface area contributed by atoms with Crippen molar-refractivity contribution < 1.29 is 4.79 Å². The van der Waals surface area contributed by atoms with Crippen molar-refractivity contribution in [3.8, 4) is 0 Å². The summed E-state index contributed by atoms with van der Waals surface area (Å²) in [6.07, 6.45) is 4.13. The first-order valence-electron chi connectivity index (χ1n) is 6.38. The lowest BCUT2D eigenvalue weighted by Gasteiger charge is -2.24. The van der Waals surface area contributed by atoms with Crippen LogP contribution in [0.5, 0.6) is 0 Å². The van der Waals surface area contributed by atoms with Gasteiger partial charge < -0.3 is 15.3 Å². The summed E-state index contributed by atoms with van der Waals surface area (Å²) in [5.41, 5.74) is 2.63. The molecule has 1 aliphatic rings. The largest absolute Gasteiger partial charge is 0.357 e. The van der Waals surface area contributed by atoms with E-state index >= 15 is 0 Å². The molecule has 1 atom stereocenters. The molecule has 0 bridgehead atoms. The molecule has 3 rings (SSSR count). The van der Waals surface area contributed by atoms with Crippen LogP contribution < -0.4 is 10.9 Å². The first-order chi connectivity index (χ1) is 9.22. The lowest BCUT2D eigenvalue weighted by atomic mass is 9.92. The number of aromatic amines is 2. The highest BCUT2D eigenvalue weighted by atomic mass is 16.2. The predicted octanol–water partition coefficient (Wildman–Crippen LogP) is 0.990. The Morgan fingerprint density at radius 3 is 3.00 bits per heavy atom. The molecule has 1 amide bonds. The summed E-state index contributed by atoms with van der Waals surface area (Å²) < 4.78 is 0. The third-order valence-corrected chi connectivity index (χ3v) is 3.48. The SMILES string of the molecule is O=C(N[C@@H]1CCc2[nH]c(=O)ccc2C1)c1ccc[nH]1. The summed E-state index contributed by atoms with van der Waals surface area (Å²) >= 11 is 0. The zero-order chi connectivity index (χ0) is 13.2. The number of hydrogen-bond acceptors (Lipinski definition) is 2. The van der Waals surface area contributed by atoms with Gasteiger partial charge in [0.2, 0.25) is 5.56 Å². The number of fused-ring (bicyclic) bond motifs is 1. The van der Waals surface area contributed by atoms with Crippen molar-refractivity contribution >= 4 is 5.91 Å². The van der Waals surface area contributed by atoms with Crippen LogP contribution in [-0.4, -0.2) is 21.9 Å². The van der Waals surface area contributed by atoms with Crippen molar-refractivity contribution in [3.63, 3.8) is 0 Å². The average molecular weight is 257 g/mol. The second kappa shape index (κ2) is 4.76. The number of rotatable bonds is 2. The van der Waals surface area contributed by atoms with E-state index in [-0.39, 0.29) is 17.5 Å². The van der Waals surface area contributed by atoms with E-state index in [0.717, 1.165) is 30.5 Å². The molecule has 2 heterocycles. The van der Waals surface area contributed by atoms with Crippen molar-refractivity contribution in [2.75, 3.05) is 0 Å². The van der Waals surface area contributed by atoms with Crippen LogP contribution in [0.2, 0.25) is 0 Å². The highest BCUT2D eigenvalue weighted by Gasteiger charge is 2.21. The summed E-state index contributed by atoms with van der Waals surface area (Å²) in [6.45, 7) is 0. The van der Waals surface area contributed by atoms with Gasteiger partial charge in [0.15, 0.2) is 0 Å². The zero-order valence-electron chi connectivity index (χ0n) is 10.4. The van der Waals surface area contributed by atoms with E-state index in [4.69, 9.17) is 0 Å². The minimum Gasteiger partial charge on any atom is -0.357 e. The highest BCUT2D eigenvalue weighted by Crippen LogP contribution is 2.18. The molecule has 0 unspecified atom stereocenters. The average Bonchev–Trinajstić information content (AvgIpc) is 2.93. The molecule has 0 fully saturated rings. The van der Waals surface area contributed by atoms with Gasteiger partial charge in [0, 0.05) is 24.0 Å². The standard InChI is InChI=1S/C14H15N3O2/c18-13-6-3-9-8-10(4-5-11(9)17-13)16-14(19)12-2-1-7-15-12/h1-3,6-7,10,15H,4-5,8H2,(H,16,19)(H,17,18)/t10-/m1/s1. The molecule has 5 nitrogen and oxygen atoms in total. The molecule has 19 heavy (non-hydrogen) atoms. The number of pyridine rings is 1. The second-order valence-electron chi connectivity index (χ2n) is 4.82. The molecule has 0 radical (unpaired) electrons. The first kappa shape index (κ1) is 11.8. The third-order valence-electron chi connectivity index (χ3n) is 3.48. The van der Waals surface area contributed by atoms with E-state index < -0.39 is 0 Å². The Bertz CT molecular complexity index is 643. The number of H-pyrrole nitrogens is 2. The van der Waals surface area contributed by atoms with Gasteiger partial charge in [-0.3, -0.25) is 9.59 Å². The van der Waals surface area contributed by atoms with Gasteiger partial charge in [-0.2, -0.15) is 0 Å². The molecule has 0 aliphatic heterocycles. The molecule has 0 spiro atoms. The van der Waals surface area contributed by atoms with Crippen molar-refractivity contribution in [1.29, 1.82) is 0 Å². The molecule has 5 heteroatoms. The van der Waals surface area contributed by atoms with Gasteiger partial charge in [-0.15, -0.1) is 0 Å². The van der Waals surface area contributed by atoms with Crippen molar-refractivity contribution in [1.82, 2.24) is 15.3 Å². The number of carbonyl (C=O) groups is 1. The summed E-state index contributed by atoms with van der Waals surface area (Å²) in [7, 11) is 0. The van der Waals surface area contributed by atoms with E-state index in [1.165, 1.54) is 6.07 Å². The number of aromatic nitrogens is 2. The molecule has 1 aliphatic carbocycles. The fraction of sp³-hybridized carbons (Fsp3) is 0.286. The summed E-state index contributed by atoms with van der Waals surface area (Å²) in [4.78, 5) is 28.9. The number of aryl methyl sites for hydroxylation is 1. The summed E-state index contributed by atoms with van der Waals surface area (Å²) in [5.74, 6) is -0.0807. The van der Waals surface area contributed by atoms with Crippen LogP contribution in [-0.2, 0) is 12.8 Å². The van der Waals surface area contributed by atoms with Gasteiger partial charge in [0.05, 0.1) is 0 Å². The van der Waals surface area contributed by atoms with Crippen LogP contribution in [0, 0.1) is 0 Å². The van der Waals surface area contributed by atoms with Crippen LogP contribution in [0.3, 0.4) is 0 Å². The minimum absolute atomic E-state index is 0.0624. The van der Waals surface area contributed by atoms with Crippen molar-refractivity contribution in [2.24, 2.45) is 0 Å². The molecular weight excluding hydrogens is 242 g/mol. The van der Waals surface area contributed by atoms with Crippen LogP contribution >= 0.6 is 0 Å². The van der Waals surface area contributed by atoms with Gasteiger partial charge in [-0.1, -0.05) is 6.07 Å². The Morgan fingerprint density at radius 1 is 1.32 bits per heavy atom. The summed E-state index contributed by atoms with van der Waals surface area (Å²) in [6, 6.07) is 7.06. The van der Waals surface area contributed by atoms with Crippen LogP contribution in [0.25, 0.3) is 0 Å². The lowest BCUT2D eigenvalue weighted by Crippen LogP contribution is -2.39. The topological polar surface area (TPSA) is 77.8 Å². The number of carbonyl (C=O) groups excluding carboxylic acids is 1. The highest BCUT2D eigenvalue weighted by molar-refractivity contribution is 5.92. The molecule has 0 aromatic carbocycles. The Hall–Kier alpha value is -2.30. The van der Waals surface area contributed by atoms with Gasteiger partial charge in [0.1, 0.15) is 5.69 Å². The lowest BCUT2D eigenvalue weighted by molar-refractivity contribution is 0.0929. The number of nitrogens with one attached hydrogen (secondary N) is 3. The minimum atomic E-state index is -0.0807. The predicted molar refractivity (Wildman–Crippen MR) is 71.1 cm³/mol. The molecule has 98 valence electrons. The number of hydrogen-bond donors (Lipinski definition) is 3. The Labute approximate surface area is 110 Å². The van der Waals surface area contributed by atoms with Crippen LogP contribution in [0.4, 0.5) is 0 Å². The summed E-state index contributed by atoms with van der Waals surface area (Å²) in [5, 5.41) is 3.01. The van der Waals surface area contributed by atoms with E-state index in [1.54, 1.807) is 18.3 Å².